The van der Waals surface area contributed by atoms with Gasteiger partial charge in [-0.3, -0.25) is 29.4 Å². The summed E-state index contributed by atoms with van der Waals surface area (Å²) in [7, 11) is 0. The van der Waals surface area contributed by atoms with Crippen LogP contribution in [-0.4, -0.2) is 66.4 Å². The van der Waals surface area contributed by atoms with Gasteiger partial charge in [0.15, 0.2) is 0 Å². The van der Waals surface area contributed by atoms with Gasteiger partial charge in [-0.05, 0) is 30.5 Å². The summed E-state index contributed by atoms with van der Waals surface area (Å²) in [4.78, 5) is 50.3. The molecule has 4 aliphatic heterocycles. The van der Waals surface area contributed by atoms with Crippen molar-refractivity contribution in [2.75, 3.05) is 26.3 Å². The van der Waals surface area contributed by atoms with Crippen LogP contribution in [0.2, 0.25) is 0 Å². The monoisotopic (exact) mass is 412 g/mol. The first kappa shape index (κ1) is 19.3. The number of imide groups is 2. The van der Waals surface area contributed by atoms with Crippen LogP contribution in [0.3, 0.4) is 0 Å². The first-order chi connectivity index (χ1) is 14.5. The number of nitrogens with one attached hydrogen (secondary N) is 3. The predicted molar refractivity (Wildman–Crippen MR) is 104 cm³/mol. The number of piperidine rings is 1. The number of rotatable bonds is 4. The van der Waals surface area contributed by atoms with Gasteiger partial charge in [-0.25, -0.2) is 0 Å². The Balaban J connectivity index is 1.34. The van der Waals surface area contributed by atoms with Gasteiger partial charge in [-0.2, -0.15) is 0 Å². The van der Waals surface area contributed by atoms with Crippen molar-refractivity contribution in [1.82, 2.24) is 20.9 Å². The van der Waals surface area contributed by atoms with Crippen LogP contribution in [0.25, 0.3) is 0 Å². The lowest BCUT2D eigenvalue weighted by molar-refractivity contribution is -0.136. The highest BCUT2D eigenvalue weighted by atomic mass is 16.5. The number of carbonyl (C=O) groups is 4. The van der Waals surface area contributed by atoms with E-state index < -0.39 is 23.8 Å². The third-order valence-corrected chi connectivity index (χ3v) is 6.77. The van der Waals surface area contributed by atoms with E-state index in [2.05, 4.69) is 16.0 Å². The molecule has 3 atom stereocenters. The molecular weight excluding hydrogens is 388 g/mol. The van der Waals surface area contributed by atoms with E-state index in [1.807, 2.05) is 6.07 Å². The third-order valence-electron chi connectivity index (χ3n) is 6.77. The molecular formula is C21H24N4O5. The Kier molecular flexibility index (Phi) is 4.68. The van der Waals surface area contributed by atoms with E-state index in [4.69, 9.17) is 4.74 Å². The molecule has 9 heteroatoms. The van der Waals surface area contributed by atoms with Crippen LogP contribution in [0, 0.1) is 5.92 Å². The van der Waals surface area contributed by atoms with Gasteiger partial charge in [0, 0.05) is 44.1 Å². The second-order valence-electron chi connectivity index (χ2n) is 8.49. The normalized spacial score (nSPS) is 31.0. The second-order valence-corrected chi connectivity index (χ2v) is 8.49. The van der Waals surface area contributed by atoms with Crippen molar-refractivity contribution >= 4 is 23.6 Å². The largest absolute Gasteiger partial charge is 0.381 e. The number of ether oxygens (including phenoxy) is 1. The molecule has 0 bridgehead atoms. The summed E-state index contributed by atoms with van der Waals surface area (Å²) < 4.78 is 5.61. The standard InChI is InChI=1S/C21H24N4O5/c26-17-4-3-16(18(27)24-17)25-19(28)14-2-1-12(7-15(14)20(25)29)8-23-21-5-6-30-10-13(21)9-22-11-21/h1-2,7,13,16,22-23H,3-6,8-11H2,(H,24,26,27). The number of carbonyl (C=O) groups excluding carboxylic acids is 4. The molecule has 1 aromatic rings. The fourth-order valence-electron chi connectivity index (χ4n) is 5.00. The van der Waals surface area contributed by atoms with Crippen molar-refractivity contribution in [3.63, 3.8) is 0 Å². The van der Waals surface area contributed by atoms with Crippen molar-refractivity contribution in [3.8, 4) is 0 Å². The fourth-order valence-corrected chi connectivity index (χ4v) is 5.00. The van der Waals surface area contributed by atoms with Gasteiger partial charge in [0.25, 0.3) is 11.8 Å². The van der Waals surface area contributed by atoms with Crippen molar-refractivity contribution in [2.45, 2.75) is 37.4 Å². The summed E-state index contributed by atoms with van der Waals surface area (Å²) in [5.41, 5.74) is 1.51. The lowest BCUT2D eigenvalue weighted by Gasteiger charge is -2.39. The smallest absolute Gasteiger partial charge is 0.262 e. The molecule has 158 valence electrons. The van der Waals surface area contributed by atoms with Crippen LogP contribution in [0.5, 0.6) is 0 Å². The molecule has 3 fully saturated rings. The Morgan fingerprint density at radius 1 is 1.17 bits per heavy atom. The van der Waals surface area contributed by atoms with Crippen LogP contribution in [0.1, 0.15) is 45.5 Å². The molecule has 0 aromatic heterocycles. The van der Waals surface area contributed by atoms with Gasteiger partial charge in [-0.15, -0.1) is 0 Å². The van der Waals surface area contributed by atoms with Gasteiger partial charge in [0.05, 0.1) is 17.7 Å². The average Bonchev–Trinajstić information content (AvgIpc) is 3.27. The Morgan fingerprint density at radius 3 is 2.83 bits per heavy atom. The Morgan fingerprint density at radius 2 is 2.00 bits per heavy atom. The first-order valence-electron chi connectivity index (χ1n) is 10.4. The maximum absolute atomic E-state index is 13.0. The molecule has 3 N–H and O–H groups in total. The Hall–Kier alpha value is -2.62. The third kappa shape index (κ3) is 3.05. The van der Waals surface area contributed by atoms with Gasteiger partial charge >= 0.3 is 0 Å². The number of fused-ring (bicyclic) bond motifs is 2. The zero-order chi connectivity index (χ0) is 20.9. The summed E-state index contributed by atoms with van der Waals surface area (Å²) >= 11 is 0. The minimum atomic E-state index is -0.942. The predicted octanol–water partition coefficient (Wildman–Crippen LogP) is -0.444. The van der Waals surface area contributed by atoms with Crippen LogP contribution < -0.4 is 16.0 Å². The van der Waals surface area contributed by atoms with Crippen LogP contribution >= 0.6 is 0 Å². The van der Waals surface area contributed by atoms with E-state index in [9.17, 15) is 19.2 Å². The minimum absolute atomic E-state index is 0.0180. The minimum Gasteiger partial charge on any atom is -0.381 e. The lowest BCUT2D eigenvalue weighted by atomic mass is 9.83. The maximum Gasteiger partial charge on any atom is 0.262 e. The topological polar surface area (TPSA) is 117 Å². The highest BCUT2D eigenvalue weighted by molar-refractivity contribution is 6.23. The van der Waals surface area contributed by atoms with Gasteiger partial charge in [0.2, 0.25) is 11.8 Å². The number of nitrogens with zero attached hydrogens (tertiary/aromatic N) is 1. The summed E-state index contributed by atoms with van der Waals surface area (Å²) in [6.45, 7) is 3.84. The van der Waals surface area contributed by atoms with Gasteiger partial charge in [-0.1, -0.05) is 6.07 Å². The molecule has 0 aliphatic carbocycles. The van der Waals surface area contributed by atoms with Gasteiger partial charge < -0.3 is 15.4 Å². The number of hydrogen-bond donors (Lipinski definition) is 3. The average molecular weight is 412 g/mol. The zero-order valence-corrected chi connectivity index (χ0v) is 16.5. The van der Waals surface area contributed by atoms with E-state index >= 15 is 0 Å². The van der Waals surface area contributed by atoms with E-state index in [0.717, 1.165) is 43.2 Å². The fraction of sp³-hybridized carbons (Fsp3) is 0.524. The highest BCUT2D eigenvalue weighted by Crippen LogP contribution is 2.31. The summed E-state index contributed by atoms with van der Waals surface area (Å²) in [5.74, 6) is -1.52. The molecule has 5 rings (SSSR count). The molecule has 0 spiro atoms. The molecule has 30 heavy (non-hydrogen) atoms. The molecule has 0 radical (unpaired) electrons. The summed E-state index contributed by atoms with van der Waals surface area (Å²) in [6, 6.07) is 4.30. The maximum atomic E-state index is 13.0. The number of hydrogen-bond acceptors (Lipinski definition) is 7. The van der Waals surface area contributed by atoms with E-state index in [0.29, 0.717) is 23.6 Å². The molecule has 9 nitrogen and oxygen atoms in total. The molecule has 4 amide bonds. The Bertz CT molecular complexity index is 947. The summed E-state index contributed by atoms with van der Waals surface area (Å²) in [6.07, 6.45) is 1.19. The van der Waals surface area contributed by atoms with Gasteiger partial charge in [0.1, 0.15) is 6.04 Å². The van der Waals surface area contributed by atoms with Crippen molar-refractivity contribution in [3.05, 3.63) is 34.9 Å². The quantitative estimate of drug-likeness (QED) is 0.574. The molecule has 3 unspecified atom stereocenters. The van der Waals surface area contributed by atoms with Crippen LogP contribution in [-0.2, 0) is 20.9 Å². The SMILES string of the molecule is O=C1CCC(N2C(=O)c3ccc(CNC45CCOCC4CNC5)cc3C2=O)C(=O)N1. The van der Waals surface area contributed by atoms with E-state index in [1.165, 1.54) is 0 Å². The zero-order valence-electron chi connectivity index (χ0n) is 16.5. The molecule has 3 saturated heterocycles. The van der Waals surface area contributed by atoms with Crippen molar-refractivity contribution in [1.29, 1.82) is 0 Å². The highest BCUT2D eigenvalue weighted by Gasteiger charge is 2.46. The molecule has 4 aliphatic rings. The first-order valence-corrected chi connectivity index (χ1v) is 10.4. The number of benzene rings is 1. The van der Waals surface area contributed by atoms with Crippen molar-refractivity contribution < 1.29 is 23.9 Å². The second kappa shape index (κ2) is 7.26. The molecule has 0 saturated carbocycles. The molecule has 1 aromatic carbocycles. The van der Waals surface area contributed by atoms with E-state index in [1.54, 1.807) is 12.1 Å². The van der Waals surface area contributed by atoms with E-state index in [-0.39, 0.29) is 24.3 Å². The van der Waals surface area contributed by atoms with Crippen molar-refractivity contribution in [2.24, 2.45) is 5.92 Å². The molecule has 4 heterocycles. The van der Waals surface area contributed by atoms with Crippen LogP contribution in [0.4, 0.5) is 0 Å². The lowest BCUT2D eigenvalue weighted by Crippen LogP contribution is -2.55. The Labute approximate surface area is 173 Å². The summed E-state index contributed by atoms with van der Waals surface area (Å²) in [5, 5.41) is 9.31. The number of amides is 4. The van der Waals surface area contributed by atoms with Crippen LogP contribution in [0.15, 0.2) is 18.2 Å².